The fourth-order valence-electron chi connectivity index (χ4n) is 4.04. The van der Waals surface area contributed by atoms with Gasteiger partial charge in [0.05, 0.1) is 28.2 Å². The summed E-state index contributed by atoms with van der Waals surface area (Å²) >= 11 is 12.5. The van der Waals surface area contributed by atoms with E-state index in [4.69, 9.17) is 23.2 Å². The number of amides is 2. The second kappa shape index (κ2) is 12.2. The number of aryl methyl sites for hydroxylation is 1. The number of hydrogen-bond acceptors (Lipinski definition) is 6. The summed E-state index contributed by atoms with van der Waals surface area (Å²) in [6.07, 6.45) is -5.18. The van der Waals surface area contributed by atoms with E-state index in [2.05, 4.69) is 30.9 Å². The first kappa shape index (κ1) is 34.6. The summed E-state index contributed by atoms with van der Waals surface area (Å²) in [5.74, 6) is -13.7. The van der Waals surface area contributed by atoms with Gasteiger partial charge in [-0.25, -0.2) is 9.67 Å². The smallest absolute Gasteiger partial charge is 0.347 e. The lowest BCUT2D eigenvalue weighted by molar-refractivity contribution is -0.360. The van der Waals surface area contributed by atoms with Crippen LogP contribution in [0.25, 0.3) is 5.82 Å². The molecule has 246 valence electrons. The maximum absolute atomic E-state index is 14.1. The van der Waals surface area contributed by atoms with Gasteiger partial charge in [-0.15, -0.1) is 0 Å². The predicted octanol–water partition coefficient (Wildman–Crippen LogP) is 6.59. The molecule has 0 aliphatic heterocycles. The normalized spacial score (nSPS) is 12.7. The Balaban J connectivity index is 1.73. The standard InChI is InChI=1S/C27H23Cl2F7N8O2/c1-13-8-14(28)9-16(22(45)40-24(2,3)4)20(13)39-23(46)18-10-15(41-44(18)21-17(29)6-5-7-37-21)12-43-38-11-19(42-43)25(30,31)26(32,33)27(34,35)36/h5-11H,12H2,1-4H3,(H,39,46)(H,40,45). The Morgan fingerprint density at radius 1 is 0.957 bits per heavy atom. The monoisotopic (exact) mass is 694 g/mol. The zero-order chi connectivity index (χ0) is 34.4. The summed E-state index contributed by atoms with van der Waals surface area (Å²) in [7, 11) is 0. The van der Waals surface area contributed by atoms with Crippen LogP contribution in [0.15, 0.2) is 42.7 Å². The van der Waals surface area contributed by atoms with E-state index in [-0.39, 0.29) is 44.7 Å². The molecular weight excluding hydrogens is 672 g/mol. The first-order valence-corrected chi connectivity index (χ1v) is 13.7. The number of benzene rings is 1. The highest BCUT2D eigenvalue weighted by molar-refractivity contribution is 6.32. The second-order valence-corrected chi connectivity index (χ2v) is 11.8. The zero-order valence-electron chi connectivity index (χ0n) is 24.2. The number of hydrogen-bond donors (Lipinski definition) is 2. The number of nitrogens with one attached hydrogen (secondary N) is 2. The summed E-state index contributed by atoms with van der Waals surface area (Å²) in [5, 5.41) is 16.3. The van der Waals surface area contributed by atoms with E-state index in [1.807, 2.05) is 0 Å². The highest BCUT2D eigenvalue weighted by Crippen LogP contribution is 2.51. The lowest BCUT2D eigenvalue weighted by Gasteiger charge is -2.26. The molecule has 2 amide bonds. The van der Waals surface area contributed by atoms with E-state index >= 15 is 0 Å². The third kappa shape index (κ3) is 6.94. The SMILES string of the molecule is Cc1cc(Cl)cc(C(=O)NC(C)(C)C)c1NC(=O)c1cc(Cn2ncc(C(F)(F)C(F)(F)C(F)(F)F)n2)nn1-c1ncccc1Cl. The lowest BCUT2D eigenvalue weighted by Crippen LogP contribution is -2.50. The molecule has 3 heterocycles. The van der Waals surface area contributed by atoms with Crippen molar-refractivity contribution in [3.63, 3.8) is 0 Å². The lowest BCUT2D eigenvalue weighted by atomic mass is 10.0. The number of pyridine rings is 1. The number of rotatable bonds is 8. The van der Waals surface area contributed by atoms with Gasteiger partial charge in [-0.1, -0.05) is 23.2 Å². The van der Waals surface area contributed by atoms with E-state index in [0.29, 0.717) is 10.4 Å². The van der Waals surface area contributed by atoms with Gasteiger partial charge in [0.25, 0.3) is 11.8 Å². The molecule has 0 aliphatic rings. The molecule has 2 N–H and O–H groups in total. The molecule has 1 aromatic carbocycles. The zero-order valence-corrected chi connectivity index (χ0v) is 25.7. The molecule has 46 heavy (non-hydrogen) atoms. The summed E-state index contributed by atoms with van der Waals surface area (Å²) in [5.41, 5.74) is -2.47. The third-order valence-corrected chi connectivity index (χ3v) is 6.63. The maximum Gasteiger partial charge on any atom is 0.460 e. The Kier molecular flexibility index (Phi) is 9.16. The van der Waals surface area contributed by atoms with Gasteiger partial charge in [0, 0.05) is 16.8 Å². The van der Waals surface area contributed by atoms with E-state index in [1.54, 1.807) is 27.7 Å². The number of halogens is 9. The van der Waals surface area contributed by atoms with E-state index in [9.17, 15) is 40.3 Å². The molecule has 4 rings (SSSR count). The van der Waals surface area contributed by atoms with Crippen molar-refractivity contribution < 1.29 is 40.3 Å². The Morgan fingerprint density at radius 3 is 2.24 bits per heavy atom. The minimum Gasteiger partial charge on any atom is -0.347 e. The van der Waals surface area contributed by atoms with Crippen LogP contribution in [0.4, 0.5) is 36.4 Å². The van der Waals surface area contributed by atoms with Gasteiger partial charge in [0.1, 0.15) is 12.2 Å². The van der Waals surface area contributed by atoms with E-state index in [1.165, 1.54) is 30.5 Å². The first-order chi connectivity index (χ1) is 21.1. The van der Waals surface area contributed by atoms with Crippen LogP contribution in [0.5, 0.6) is 0 Å². The second-order valence-electron chi connectivity index (χ2n) is 11.0. The predicted molar refractivity (Wildman–Crippen MR) is 152 cm³/mol. The van der Waals surface area contributed by atoms with Crippen molar-refractivity contribution in [2.45, 2.75) is 57.8 Å². The van der Waals surface area contributed by atoms with Crippen molar-refractivity contribution in [3.05, 3.63) is 81.0 Å². The number of carbonyl (C=O) groups is 2. The number of alkyl halides is 7. The Morgan fingerprint density at radius 2 is 1.63 bits per heavy atom. The molecule has 4 aromatic rings. The number of nitrogens with zero attached hydrogens (tertiary/aromatic N) is 6. The minimum absolute atomic E-state index is 0.0210. The van der Waals surface area contributed by atoms with Crippen molar-refractivity contribution in [3.8, 4) is 5.82 Å². The van der Waals surface area contributed by atoms with Crippen LogP contribution in [0, 0.1) is 6.92 Å². The van der Waals surface area contributed by atoms with Crippen LogP contribution in [-0.4, -0.2) is 59.2 Å². The Hall–Kier alpha value is -4.25. The maximum atomic E-state index is 14.1. The van der Waals surface area contributed by atoms with Crippen molar-refractivity contribution in [2.75, 3.05) is 5.32 Å². The van der Waals surface area contributed by atoms with E-state index in [0.717, 1.165) is 10.7 Å². The van der Waals surface area contributed by atoms with Crippen LogP contribution in [-0.2, 0) is 12.5 Å². The Bertz CT molecular complexity index is 1800. The van der Waals surface area contributed by atoms with Gasteiger partial charge in [-0.05, 0) is 63.6 Å². The van der Waals surface area contributed by atoms with Crippen LogP contribution >= 0.6 is 23.2 Å². The molecule has 0 fully saturated rings. The van der Waals surface area contributed by atoms with Crippen molar-refractivity contribution in [2.24, 2.45) is 0 Å². The number of carbonyl (C=O) groups excluding carboxylic acids is 2. The number of anilines is 1. The van der Waals surface area contributed by atoms with Gasteiger partial charge in [0.15, 0.2) is 11.5 Å². The molecular formula is C27H23Cl2F7N8O2. The molecule has 3 aromatic heterocycles. The highest BCUT2D eigenvalue weighted by Gasteiger charge is 2.74. The quantitative estimate of drug-likeness (QED) is 0.201. The van der Waals surface area contributed by atoms with Gasteiger partial charge in [-0.2, -0.15) is 50.8 Å². The Labute approximate surface area is 265 Å². The van der Waals surface area contributed by atoms with Crippen LogP contribution in [0.1, 0.15) is 58.6 Å². The van der Waals surface area contributed by atoms with Crippen molar-refractivity contribution in [1.82, 2.24) is 35.1 Å². The molecule has 0 saturated heterocycles. The highest BCUT2D eigenvalue weighted by atomic mass is 35.5. The summed E-state index contributed by atoms with van der Waals surface area (Å²) in [4.78, 5) is 31.3. The molecule has 0 bridgehead atoms. The van der Waals surface area contributed by atoms with Gasteiger partial charge >= 0.3 is 18.0 Å². The third-order valence-electron chi connectivity index (χ3n) is 6.12. The largest absolute Gasteiger partial charge is 0.460 e. The first-order valence-electron chi connectivity index (χ1n) is 13.0. The van der Waals surface area contributed by atoms with Crippen LogP contribution in [0.3, 0.4) is 0 Å². The summed E-state index contributed by atoms with van der Waals surface area (Å²) in [6.45, 7) is 6.17. The van der Waals surface area contributed by atoms with E-state index < -0.39 is 47.6 Å². The molecule has 10 nitrogen and oxygen atoms in total. The number of aromatic nitrogens is 6. The van der Waals surface area contributed by atoms with Crippen LogP contribution in [0.2, 0.25) is 10.0 Å². The fourth-order valence-corrected chi connectivity index (χ4v) is 4.51. The molecule has 0 spiro atoms. The van der Waals surface area contributed by atoms with Crippen LogP contribution < -0.4 is 10.6 Å². The van der Waals surface area contributed by atoms with Gasteiger partial charge in [0.2, 0.25) is 0 Å². The minimum atomic E-state index is -6.57. The average molecular weight is 695 g/mol. The average Bonchev–Trinajstić information content (AvgIpc) is 3.56. The van der Waals surface area contributed by atoms with Crippen molar-refractivity contribution >= 4 is 40.7 Å². The molecule has 0 unspecified atom stereocenters. The molecule has 0 aliphatic carbocycles. The fraction of sp³-hybridized carbons (Fsp3) is 0.333. The topological polar surface area (TPSA) is 120 Å². The summed E-state index contributed by atoms with van der Waals surface area (Å²) < 4.78 is 94.3. The van der Waals surface area contributed by atoms with Crippen molar-refractivity contribution in [1.29, 1.82) is 0 Å². The molecule has 0 radical (unpaired) electrons. The summed E-state index contributed by atoms with van der Waals surface area (Å²) in [6, 6.07) is 6.89. The van der Waals surface area contributed by atoms with Gasteiger partial charge in [-0.3, -0.25) is 9.59 Å². The molecule has 0 saturated carbocycles. The molecule has 0 atom stereocenters. The molecule has 19 heteroatoms. The van der Waals surface area contributed by atoms with Gasteiger partial charge < -0.3 is 10.6 Å².